The van der Waals surface area contributed by atoms with Crippen molar-refractivity contribution in [3.05, 3.63) is 75.5 Å². The summed E-state index contributed by atoms with van der Waals surface area (Å²) < 4.78 is 17.2. The second kappa shape index (κ2) is 9.22. The molecule has 35 heavy (non-hydrogen) atoms. The monoisotopic (exact) mass is 540 g/mol. The van der Waals surface area contributed by atoms with Gasteiger partial charge in [-0.3, -0.25) is 14.5 Å². The molecule has 1 saturated heterocycles. The van der Waals surface area contributed by atoms with E-state index < -0.39 is 17.7 Å². The number of benzene rings is 2. The number of amides is 1. The van der Waals surface area contributed by atoms with Crippen LogP contribution < -0.4 is 14.4 Å². The molecule has 1 N–H and O–H groups in total. The third-order valence-electron chi connectivity index (χ3n) is 5.78. The fraction of sp³-hybridized carbons (Fsp3) is 0.269. The van der Waals surface area contributed by atoms with E-state index in [-0.39, 0.29) is 22.6 Å². The number of carbonyl (C=O) groups is 2. The molecular weight excluding hydrogens is 516 g/mol. The number of hydrogen-bond donors (Lipinski definition) is 1. The first-order valence-corrected chi connectivity index (χ1v) is 11.6. The highest BCUT2D eigenvalue weighted by Crippen LogP contribution is 2.46. The molecule has 1 amide bonds. The summed E-state index contributed by atoms with van der Waals surface area (Å²) in [7, 11) is 3.00. The molecule has 4 rings (SSSR count). The van der Waals surface area contributed by atoms with Crippen molar-refractivity contribution in [1.29, 1.82) is 0 Å². The summed E-state index contributed by atoms with van der Waals surface area (Å²) >= 11 is 3.36. The predicted molar refractivity (Wildman–Crippen MR) is 134 cm³/mol. The van der Waals surface area contributed by atoms with E-state index >= 15 is 0 Å². The molecule has 0 aliphatic carbocycles. The van der Waals surface area contributed by atoms with Gasteiger partial charge in [-0.25, -0.2) is 0 Å². The maximum atomic E-state index is 13.3. The molecule has 9 heteroatoms. The summed E-state index contributed by atoms with van der Waals surface area (Å²) in [6, 6.07) is 12.4. The second-order valence-corrected chi connectivity index (χ2v) is 10.00. The van der Waals surface area contributed by atoms with Crippen molar-refractivity contribution in [3.8, 4) is 11.5 Å². The van der Waals surface area contributed by atoms with E-state index in [2.05, 4.69) is 21.1 Å². The molecule has 0 bridgehead atoms. The Bertz CT molecular complexity index is 1320. The number of methoxy groups -OCH3 is 2. The van der Waals surface area contributed by atoms with Gasteiger partial charge in [0.25, 0.3) is 5.78 Å². The van der Waals surface area contributed by atoms with Gasteiger partial charge >= 0.3 is 5.91 Å². The largest absolute Gasteiger partial charge is 0.507 e. The minimum atomic E-state index is -1.02. The van der Waals surface area contributed by atoms with Crippen LogP contribution in [0, 0.1) is 0 Å². The molecule has 2 heterocycles. The van der Waals surface area contributed by atoms with Crippen molar-refractivity contribution in [2.45, 2.75) is 32.2 Å². The van der Waals surface area contributed by atoms with E-state index in [1.54, 1.807) is 48.5 Å². The Morgan fingerprint density at radius 2 is 1.74 bits per heavy atom. The lowest BCUT2D eigenvalue weighted by molar-refractivity contribution is -0.132. The molecule has 0 saturated carbocycles. The quantitative estimate of drug-likeness (QED) is 0.263. The highest BCUT2D eigenvalue weighted by Gasteiger charge is 2.49. The molecule has 1 atom stereocenters. The van der Waals surface area contributed by atoms with Crippen LogP contribution in [0.4, 0.5) is 5.82 Å². The van der Waals surface area contributed by atoms with Gasteiger partial charge in [-0.1, -0.05) is 54.0 Å². The average molecular weight is 541 g/mol. The van der Waals surface area contributed by atoms with Gasteiger partial charge in [0.1, 0.15) is 29.1 Å². The van der Waals surface area contributed by atoms with Gasteiger partial charge in [0.05, 0.1) is 19.8 Å². The van der Waals surface area contributed by atoms with Crippen molar-refractivity contribution in [3.63, 3.8) is 0 Å². The number of aliphatic hydroxyl groups is 1. The first-order valence-electron chi connectivity index (χ1n) is 10.8. The topological polar surface area (TPSA) is 102 Å². The van der Waals surface area contributed by atoms with Crippen LogP contribution >= 0.6 is 15.9 Å². The molecular formula is C26H25BrN2O6. The summed E-state index contributed by atoms with van der Waals surface area (Å²) in [5, 5.41) is 15.3. The van der Waals surface area contributed by atoms with Gasteiger partial charge in [0, 0.05) is 33.1 Å². The lowest BCUT2D eigenvalue weighted by Crippen LogP contribution is -2.30. The Kier molecular flexibility index (Phi) is 6.46. The molecule has 0 radical (unpaired) electrons. The molecule has 1 aliphatic rings. The Morgan fingerprint density at radius 3 is 2.31 bits per heavy atom. The second-order valence-electron chi connectivity index (χ2n) is 9.08. The number of halogens is 1. The van der Waals surface area contributed by atoms with Gasteiger partial charge in [0.15, 0.2) is 5.82 Å². The van der Waals surface area contributed by atoms with E-state index in [0.29, 0.717) is 28.4 Å². The van der Waals surface area contributed by atoms with Crippen LogP contribution in [0.2, 0.25) is 0 Å². The molecule has 1 aliphatic heterocycles. The number of aliphatic hydroxyl groups excluding tert-OH is 1. The maximum Gasteiger partial charge on any atom is 0.301 e. The van der Waals surface area contributed by atoms with Crippen LogP contribution in [0.3, 0.4) is 0 Å². The van der Waals surface area contributed by atoms with Gasteiger partial charge < -0.3 is 19.1 Å². The Hall–Kier alpha value is -3.59. The number of ether oxygens (including phenoxy) is 2. The molecule has 8 nitrogen and oxygen atoms in total. The van der Waals surface area contributed by atoms with Gasteiger partial charge in [0.2, 0.25) is 0 Å². The minimum absolute atomic E-state index is 0.0823. The number of rotatable bonds is 5. The highest BCUT2D eigenvalue weighted by atomic mass is 79.9. The summed E-state index contributed by atoms with van der Waals surface area (Å²) in [6.45, 7) is 5.84. The zero-order valence-electron chi connectivity index (χ0n) is 20.0. The molecule has 1 aromatic heterocycles. The van der Waals surface area contributed by atoms with Crippen molar-refractivity contribution < 1.29 is 28.7 Å². The minimum Gasteiger partial charge on any atom is -0.507 e. The van der Waals surface area contributed by atoms with Crippen molar-refractivity contribution in [2.24, 2.45) is 0 Å². The fourth-order valence-electron chi connectivity index (χ4n) is 3.90. The van der Waals surface area contributed by atoms with E-state index in [9.17, 15) is 14.7 Å². The lowest BCUT2D eigenvalue weighted by Gasteiger charge is -2.24. The maximum absolute atomic E-state index is 13.3. The number of anilines is 1. The number of aromatic nitrogens is 1. The average Bonchev–Trinajstić information content (AvgIpc) is 3.42. The number of hydrogen-bond acceptors (Lipinski definition) is 7. The van der Waals surface area contributed by atoms with Crippen molar-refractivity contribution >= 4 is 39.2 Å². The Balaban J connectivity index is 1.97. The zero-order valence-corrected chi connectivity index (χ0v) is 21.5. The van der Waals surface area contributed by atoms with Crippen molar-refractivity contribution in [1.82, 2.24) is 5.16 Å². The van der Waals surface area contributed by atoms with Crippen LogP contribution in [0.1, 0.15) is 43.7 Å². The standard InChI is InChI=1S/C26H25BrN2O6/c1-26(2,3)19-13-20(28-35-19)29-22(17-11-10-16(33-4)12-18(17)34-5)21(24(31)25(29)32)23(30)14-6-8-15(27)9-7-14/h6-13,22,30H,1-5H3/b23-21+/t22-/m1/s1. The van der Waals surface area contributed by atoms with E-state index in [0.717, 1.165) is 4.47 Å². The lowest BCUT2D eigenvalue weighted by atomic mass is 9.93. The number of ketones is 1. The summed E-state index contributed by atoms with van der Waals surface area (Å²) in [6.07, 6.45) is 0. The van der Waals surface area contributed by atoms with E-state index in [1.807, 2.05) is 20.8 Å². The van der Waals surface area contributed by atoms with Crippen LogP contribution in [-0.2, 0) is 15.0 Å². The molecule has 0 unspecified atom stereocenters. The third-order valence-corrected chi connectivity index (χ3v) is 6.31. The number of nitrogens with zero attached hydrogens (tertiary/aromatic N) is 2. The van der Waals surface area contributed by atoms with Gasteiger partial charge in [-0.05, 0) is 24.3 Å². The first kappa shape index (κ1) is 24.5. The number of carbonyl (C=O) groups excluding carboxylic acids is 2. The molecule has 0 spiro atoms. The highest BCUT2D eigenvalue weighted by molar-refractivity contribution is 9.10. The van der Waals surface area contributed by atoms with E-state index in [4.69, 9.17) is 14.0 Å². The van der Waals surface area contributed by atoms with Gasteiger partial charge in [-0.2, -0.15) is 0 Å². The summed E-state index contributed by atoms with van der Waals surface area (Å²) in [4.78, 5) is 27.9. The third kappa shape index (κ3) is 4.43. The normalized spacial score (nSPS) is 17.7. The van der Waals surface area contributed by atoms with Gasteiger partial charge in [-0.15, -0.1) is 0 Å². The number of Topliss-reactive ketones (excluding diaryl/α,β-unsaturated/α-hetero) is 1. The smallest absolute Gasteiger partial charge is 0.301 e. The molecule has 182 valence electrons. The van der Waals surface area contributed by atoms with Crippen LogP contribution in [0.25, 0.3) is 5.76 Å². The summed E-state index contributed by atoms with van der Waals surface area (Å²) in [5.41, 5.74) is 0.413. The van der Waals surface area contributed by atoms with Crippen LogP contribution in [0.15, 0.2) is 63.1 Å². The zero-order chi connectivity index (χ0) is 25.5. The molecule has 1 fully saturated rings. The van der Waals surface area contributed by atoms with Crippen LogP contribution in [-0.4, -0.2) is 36.2 Å². The van der Waals surface area contributed by atoms with E-state index in [1.165, 1.54) is 19.1 Å². The fourth-order valence-corrected chi connectivity index (χ4v) is 4.17. The first-order chi connectivity index (χ1) is 16.6. The molecule has 3 aromatic rings. The summed E-state index contributed by atoms with van der Waals surface area (Å²) in [5.74, 6) is -0.360. The SMILES string of the molecule is COc1ccc([C@@H]2/C(=C(\O)c3ccc(Br)cc3)C(=O)C(=O)N2c2cc(C(C)(C)C)on2)c(OC)c1. The Labute approximate surface area is 211 Å². The molecule has 2 aromatic carbocycles. The Morgan fingerprint density at radius 1 is 1.06 bits per heavy atom. The van der Waals surface area contributed by atoms with Crippen molar-refractivity contribution in [2.75, 3.05) is 19.1 Å². The predicted octanol–water partition coefficient (Wildman–Crippen LogP) is 5.38. The van der Waals surface area contributed by atoms with Crippen LogP contribution in [0.5, 0.6) is 11.5 Å².